The van der Waals surface area contributed by atoms with Crippen molar-refractivity contribution in [1.29, 1.82) is 0 Å². The molecule has 0 aromatic heterocycles. The van der Waals surface area contributed by atoms with Crippen molar-refractivity contribution in [3.63, 3.8) is 0 Å². The third-order valence-electron chi connectivity index (χ3n) is 2.55. The van der Waals surface area contributed by atoms with E-state index in [0.29, 0.717) is 18.6 Å². The minimum absolute atomic E-state index is 0.0717. The van der Waals surface area contributed by atoms with Gasteiger partial charge in [0, 0.05) is 17.6 Å². The highest BCUT2D eigenvalue weighted by atomic mass is 19.4. The Morgan fingerprint density at radius 2 is 1.90 bits per heavy atom. The van der Waals surface area contributed by atoms with Gasteiger partial charge in [-0.25, -0.2) is 4.39 Å². The second-order valence-corrected chi connectivity index (χ2v) is 5.23. The highest BCUT2D eigenvalue weighted by Crippen LogP contribution is 2.33. The van der Waals surface area contributed by atoms with Crippen LogP contribution in [0.25, 0.3) is 0 Å². The first-order valence-corrected chi connectivity index (χ1v) is 5.94. The molecule has 1 amide bonds. The van der Waals surface area contributed by atoms with Crippen molar-refractivity contribution in [3.8, 4) is 0 Å². The molecule has 0 aliphatic rings. The first kappa shape index (κ1) is 16.4. The van der Waals surface area contributed by atoms with Crippen molar-refractivity contribution in [1.82, 2.24) is 0 Å². The van der Waals surface area contributed by atoms with Crippen LogP contribution in [0.3, 0.4) is 0 Å². The fourth-order valence-corrected chi connectivity index (χ4v) is 1.48. The Labute approximate surface area is 114 Å². The van der Waals surface area contributed by atoms with E-state index in [1.165, 1.54) is 0 Å². The van der Waals surface area contributed by atoms with Crippen molar-refractivity contribution >= 4 is 11.6 Å². The molecule has 0 saturated carbocycles. The van der Waals surface area contributed by atoms with E-state index in [1.54, 1.807) is 13.8 Å². The third kappa shape index (κ3) is 5.16. The van der Waals surface area contributed by atoms with Crippen LogP contribution < -0.4 is 11.1 Å². The van der Waals surface area contributed by atoms with Crippen LogP contribution in [0.2, 0.25) is 0 Å². The highest BCUT2D eigenvalue weighted by Gasteiger charge is 2.34. The number of nitrogens with one attached hydrogen (secondary N) is 1. The van der Waals surface area contributed by atoms with E-state index in [4.69, 9.17) is 5.73 Å². The Bertz CT molecular complexity index is 492. The van der Waals surface area contributed by atoms with Gasteiger partial charge in [0.2, 0.25) is 5.91 Å². The second kappa shape index (κ2) is 5.78. The predicted molar refractivity (Wildman–Crippen MR) is 67.5 cm³/mol. The summed E-state index contributed by atoms with van der Waals surface area (Å²) < 4.78 is 50.6. The number of benzene rings is 1. The molecule has 0 saturated heterocycles. The monoisotopic (exact) mass is 292 g/mol. The SMILES string of the molecule is CC(C)(N)CCC(=O)Nc1ccc(F)c(C(F)(F)F)c1. The average Bonchev–Trinajstić information content (AvgIpc) is 2.27. The topological polar surface area (TPSA) is 55.1 Å². The Morgan fingerprint density at radius 3 is 2.40 bits per heavy atom. The number of carbonyl (C=O) groups excluding carboxylic acids is 1. The van der Waals surface area contributed by atoms with Gasteiger partial charge >= 0.3 is 6.18 Å². The quantitative estimate of drug-likeness (QED) is 0.837. The minimum Gasteiger partial charge on any atom is -0.326 e. The van der Waals surface area contributed by atoms with Gasteiger partial charge < -0.3 is 11.1 Å². The summed E-state index contributed by atoms with van der Waals surface area (Å²) in [6.45, 7) is 3.47. The molecule has 0 heterocycles. The van der Waals surface area contributed by atoms with Gasteiger partial charge in [0.25, 0.3) is 0 Å². The summed E-state index contributed by atoms with van der Waals surface area (Å²) in [5.41, 5.74) is 3.65. The van der Waals surface area contributed by atoms with E-state index in [9.17, 15) is 22.4 Å². The maximum absolute atomic E-state index is 13.1. The maximum Gasteiger partial charge on any atom is 0.419 e. The summed E-state index contributed by atoms with van der Waals surface area (Å²) in [5, 5.41) is 2.29. The molecule has 0 fully saturated rings. The standard InChI is InChI=1S/C13H16F4N2O/c1-12(2,18)6-5-11(20)19-8-3-4-10(14)9(7-8)13(15,16)17/h3-4,7H,5-6,18H2,1-2H3,(H,19,20). The number of hydrogen-bond acceptors (Lipinski definition) is 2. The fraction of sp³-hybridized carbons (Fsp3) is 0.462. The van der Waals surface area contributed by atoms with E-state index >= 15 is 0 Å². The van der Waals surface area contributed by atoms with Crippen molar-refractivity contribution in [3.05, 3.63) is 29.6 Å². The van der Waals surface area contributed by atoms with Gasteiger partial charge in [0.05, 0.1) is 5.56 Å². The number of carbonyl (C=O) groups is 1. The van der Waals surface area contributed by atoms with Gasteiger partial charge in [-0.05, 0) is 38.5 Å². The number of hydrogen-bond donors (Lipinski definition) is 2. The molecule has 3 N–H and O–H groups in total. The lowest BCUT2D eigenvalue weighted by molar-refractivity contribution is -0.140. The summed E-state index contributed by atoms with van der Waals surface area (Å²) in [6.07, 6.45) is -4.35. The number of halogens is 4. The number of alkyl halides is 3. The molecule has 7 heteroatoms. The van der Waals surface area contributed by atoms with Gasteiger partial charge in [0.1, 0.15) is 5.82 Å². The van der Waals surface area contributed by atoms with Crippen LogP contribution in [0.5, 0.6) is 0 Å². The normalized spacial score (nSPS) is 12.3. The largest absolute Gasteiger partial charge is 0.419 e. The van der Waals surface area contributed by atoms with E-state index in [-0.39, 0.29) is 12.1 Å². The number of rotatable bonds is 4. The molecule has 0 spiro atoms. The van der Waals surface area contributed by atoms with Crippen molar-refractivity contribution < 1.29 is 22.4 Å². The van der Waals surface area contributed by atoms with Crippen LogP contribution in [-0.2, 0) is 11.0 Å². The van der Waals surface area contributed by atoms with Crippen molar-refractivity contribution in [2.45, 2.75) is 38.4 Å². The Hall–Kier alpha value is -1.63. The molecule has 0 bridgehead atoms. The highest BCUT2D eigenvalue weighted by molar-refractivity contribution is 5.90. The van der Waals surface area contributed by atoms with E-state index in [2.05, 4.69) is 5.32 Å². The summed E-state index contributed by atoms with van der Waals surface area (Å²) >= 11 is 0. The fourth-order valence-electron chi connectivity index (χ4n) is 1.48. The summed E-state index contributed by atoms with van der Waals surface area (Å²) in [7, 11) is 0. The smallest absolute Gasteiger partial charge is 0.326 e. The van der Waals surface area contributed by atoms with Gasteiger partial charge in [-0.1, -0.05) is 0 Å². The van der Waals surface area contributed by atoms with Crippen molar-refractivity contribution in [2.75, 3.05) is 5.32 Å². The van der Waals surface area contributed by atoms with Gasteiger partial charge in [-0.3, -0.25) is 4.79 Å². The van der Waals surface area contributed by atoms with E-state index in [1.807, 2.05) is 0 Å². The number of nitrogens with two attached hydrogens (primary N) is 1. The molecule has 0 unspecified atom stereocenters. The van der Waals surface area contributed by atoms with Gasteiger partial charge in [0.15, 0.2) is 0 Å². The zero-order chi connectivity index (χ0) is 15.6. The molecule has 20 heavy (non-hydrogen) atoms. The molecule has 1 rings (SSSR count). The maximum atomic E-state index is 13.1. The van der Waals surface area contributed by atoms with Gasteiger partial charge in [-0.2, -0.15) is 13.2 Å². The molecular formula is C13H16F4N2O. The van der Waals surface area contributed by atoms with Crippen LogP contribution in [-0.4, -0.2) is 11.4 Å². The van der Waals surface area contributed by atoms with Crippen LogP contribution in [0.4, 0.5) is 23.2 Å². The molecule has 1 aromatic carbocycles. The zero-order valence-corrected chi connectivity index (χ0v) is 11.1. The van der Waals surface area contributed by atoms with Crippen LogP contribution in [0.15, 0.2) is 18.2 Å². The van der Waals surface area contributed by atoms with E-state index < -0.39 is 29.0 Å². The van der Waals surface area contributed by atoms with Crippen LogP contribution >= 0.6 is 0 Å². The van der Waals surface area contributed by atoms with Crippen LogP contribution in [0.1, 0.15) is 32.3 Å². The van der Waals surface area contributed by atoms with E-state index in [0.717, 1.165) is 6.07 Å². The first-order chi connectivity index (χ1) is 8.99. The second-order valence-electron chi connectivity index (χ2n) is 5.23. The average molecular weight is 292 g/mol. The molecule has 0 aliphatic carbocycles. The minimum atomic E-state index is -4.80. The Kier molecular flexibility index (Phi) is 4.75. The third-order valence-corrected chi connectivity index (χ3v) is 2.55. The summed E-state index contributed by atoms with van der Waals surface area (Å²) in [5.74, 6) is -1.85. The number of amides is 1. The summed E-state index contributed by atoms with van der Waals surface area (Å²) in [4.78, 5) is 11.6. The van der Waals surface area contributed by atoms with Crippen molar-refractivity contribution in [2.24, 2.45) is 5.73 Å². The lowest BCUT2D eigenvalue weighted by Crippen LogP contribution is -2.33. The number of anilines is 1. The predicted octanol–water partition coefficient (Wildman–Crippen LogP) is 3.30. The molecular weight excluding hydrogens is 276 g/mol. The Balaban J connectivity index is 2.77. The lowest BCUT2D eigenvalue weighted by Gasteiger charge is -2.17. The summed E-state index contributed by atoms with van der Waals surface area (Å²) in [6, 6.07) is 2.32. The molecule has 3 nitrogen and oxygen atoms in total. The lowest BCUT2D eigenvalue weighted by atomic mass is 10.00. The molecule has 0 radical (unpaired) electrons. The molecule has 0 atom stereocenters. The zero-order valence-electron chi connectivity index (χ0n) is 11.1. The molecule has 112 valence electrons. The van der Waals surface area contributed by atoms with Gasteiger partial charge in [-0.15, -0.1) is 0 Å². The van der Waals surface area contributed by atoms with Crippen LogP contribution in [0, 0.1) is 5.82 Å². The Morgan fingerprint density at radius 1 is 1.30 bits per heavy atom. The molecule has 0 aliphatic heterocycles. The molecule has 1 aromatic rings. The first-order valence-electron chi connectivity index (χ1n) is 5.94.